The van der Waals surface area contributed by atoms with Gasteiger partial charge < -0.3 is 11.1 Å². The Kier molecular flexibility index (Phi) is 2.06. The lowest BCUT2D eigenvalue weighted by Gasteiger charge is -2.30. The summed E-state index contributed by atoms with van der Waals surface area (Å²) in [5.41, 5.74) is 5.29. The predicted molar refractivity (Wildman–Crippen MR) is 39.7 cm³/mol. The molecule has 1 fully saturated rings. The Labute approximate surface area is 61.0 Å². The highest BCUT2D eigenvalue weighted by molar-refractivity contribution is 5.85. The summed E-state index contributed by atoms with van der Waals surface area (Å²) in [6, 6.07) is 0. The van der Waals surface area contributed by atoms with Crippen molar-refractivity contribution in [2.75, 3.05) is 13.1 Å². The van der Waals surface area contributed by atoms with Crippen molar-refractivity contribution in [3.63, 3.8) is 0 Å². The smallest absolute Gasteiger partial charge is 0.149 e. The van der Waals surface area contributed by atoms with Crippen LogP contribution in [0, 0.1) is 0 Å². The van der Waals surface area contributed by atoms with Gasteiger partial charge in [0, 0.05) is 0 Å². The van der Waals surface area contributed by atoms with Gasteiger partial charge in [0.25, 0.3) is 0 Å². The normalized spacial score (nSPS) is 24.2. The second kappa shape index (κ2) is 2.68. The van der Waals surface area contributed by atoms with Crippen LogP contribution < -0.4 is 11.1 Å². The summed E-state index contributed by atoms with van der Waals surface area (Å²) in [5, 5.41) is 3.16. The van der Waals surface area contributed by atoms with Crippen LogP contribution in [0.15, 0.2) is 0 Å². The molecule has 3 heteroatoms. The Hall–Kier alpha value is -0.410. The topological polar surface area (TPSA) is 55.1 Å². The maximum Gasteiger partial charge on any atom is 0.149 e. The lowest BCUT2D eigenvalue weighted by atomic mass is 9.86. The first-order valence-corrected chi connectivity index (χ1v) is 3.66. The van der Waals surface area contributed by atoms with E-state index in [4.69, 9.17) is 5.73 Å². The summed E-state index contributed by atoms with van der Waals surface area (Å²) in [6.45, 7) is 3.32. The van der Waals surface area contributed by atoms with Crippen molar-refractivity contribution in [3.05, 3.63) is 0 Å². The van der Waals surface area contributed by atoms with Gasteiger partial charge in [-0.05, 0) is 32.9 Å². The summed E-state index contributed by atoms with van der Waals surface area (Å²) < 4.78 is 0. The fourth-order valence-corrected chi connectivity index (χ4v) is 1.22. The van der Waals surface area contributed by atoms with Crippen LogP contribution in [-0.2, 0) is 4.79 Å². The Bertz CT molecular complexity index is 139. The van der Waals surface area contributed by atoms with Crippen LogP contribution in [0.2, 0.25) is 0 Å². The lowest BCUT2D eigenvalue weighted by molar-refractivity contribution is -0.122. The quantitative estimate of drug-likeness (QED) is 0.526. The van der Waals surface area contributed by atoms with Gasteiger partial charge in [0.05, 0.1) is 5.54 Å². The summed E-state index contributed by atoms with van der Waals surface area (Å²) in [5.74, 6) is 0.119. The number of nitrogens with one attached hydrogen (secondary N) is 1. The minimum absolute atomic E-state index is 0.119. The van der Waals surface area contributed by atoms with Crippen LogP contribution >= 0.6 is 0 Å². The number of nitrogens with two attached hydrogens (primary N) is 1. The van der Waals surface area contributed by atoms with E-state index >= 15 is 0 Å². The lowest BCUT2D eigenvalue weighted by Crippen LogP contribution is -2.53. The van der Waals surface area contributed by atoms with Gasteiger partial charge in [0.15, 0.2) is 0 Å². The molecule has 0 amide bonds. The Balaban J connectivity index is 2.56. The number of rotatable bonds is 1. The molecule has 0 atom stereocenters. The fraction of sp³-hybridized carbons (Fsp3) is 0.857. The predicted octanol–water partition coefficient (Wildman–Crippen LogP) is -0.344. The minimum Gasteiger partial charge on any atom is -0.319 e. The van der Waals surface area contributed by atoms with Gasteiger partial charge in [0.1, 0.15) is 5.78 Å². The van der Waals surface area contributed by atoms with Crippen LogP contribution in [0.3, 0.4) is 0 Å². The number of ketones is 1. The number of hydrogen-bond donors (Lipinski definition) is 2. The van der Waals surface area contributed by atoms with Crippen LogP contribution in [0.25, 0.3) is 0 Å². The second-order valence-electron chi connectivity index (χ2n) is 2.96. The third-order valence-corrected chi connectivity index (χ3v) is 2.20. The van der Waals surface area contributed by atoms with Crippen molar-refractivity contribution < 1.29 is 4.79 Å². The Morgan fingerprint density at radius 3 is 2.30 bits per heavy atom. The van der Waals surface area contributed by atoms with E-state index in [0.29, 0.717) is 0 Å². The van der Waals surface area contributed by atoms with Crippen LogP contribution in [0.1, 0.15) is 19.8 Å². The molecule has 0 aromatic carbocycles. The van der Waals surface area contributed by atoms with Gasteiger partial charge in [-0.3, -0.25) is 4.79 Å². The standard InChI is InChI=1S/C7H14N2O/c1-6(10)7(8)2-4-9-5-3-7/h9H,2-5,8H2,1H3. The molecular formula is C7H14N2O. The first-order valence-electron chi connectivity index (χ1n) is 3.66. The van der Waals surface area contributed by atoms with Gasteiger partial charge in [-0.2, -0.15) is 0 Å². The first-order chi connectivity index (χ1) is 4.65. The molecule has 1 aliphatic rings. The SMILES string of the molecule is CC(=O)C1(N)CCNCC1. The largest absolute Gasteiger partial charge is 0.319 e. The van der Waals surface area contributed by atoms with Crippen LogP contribution in [-0.4, -0.2) is 24.4 Å². The molecule has 3 N–H and O–H groups in total. The average molecular weight is 142 g/mol. The van der Waals surface area contributed by atoms with E-state index in [2.05, 4.69) is 5.32 Å². The van der Waals surface area contributed by atoms with E-state index in [0.717, 1.165) is 25.9 Å². The molecule has 10 heavy (non-hydrogen) atoms. The van der Waals surface area contributed by atoms with Crippen molar-refractivity contribution in [2.45, 2.75) is 25.3 Å². The fourth-order valence-electron chi connectivity index (χ4n) is 1.22. The number of carbonyl (C=O) groups is 1. The van der Waals surface area contributed by atoms with E-state index < -0.39 is 5.54 Å². The monoisotopic (exact) mass is 142 g/mol. The van der Waals surface area contributed by atoms with Crippen LogP contribution in [0.5, 0.6) is 0 Å². The van der Waals surface area contributed by atoms with Crippen molar-refractivity contribution in [1.29, 1.82) is 0 Å². The van der Waals surface area contributed by atoms with Gasteiger partial charge in [-0.25, -0.2) is 0 Å². The molecular weight excluding hydrogens is 128 g/mol. The molecule has 0 aromatic heterocycles. The number of piperidine rings is 1. The summed E-state index contributed by atoms with van der Waals surface area (Å²) in [7, 11) is 0. The van der Waals surface area contributed by atoms with E-state index in [1.165, 1.54) is 0 Å². The van der Waals surface area contributed by atoms with Crippen molar-refractivity contribution in [1.82, 2.24) is 5.32 Å². The van der Waals surface area contributed by atoms with E-state index in [1.54, 1.807) is 6.92 Å². The number of Topliss-reactive ketones (excluding diaryl/α,β-unsaturated/α-hetero) is 1. The second-order valence-corrected chi connectivity index (χ2v) is 2.96. The maximum absolute atomic E-state index is 11.0. The minimum atomic E-state index is -0.523. The highest BCUT2D eigenvalue weighted by Crippen LogP contribution is 2.15. The third kappa shape index (κ3) is 1.36. The van der Waals surface area contributed by atoms with Gasteiger partial charge in [0.2, 0.25) is 0 Å². The van der Waals surface area contributed by atoms with Crippen molar-refractivity contribution in [2.24, 2.45) is 5.73 Å². The molecule has 0 aliphatic carbocycles. The van der Waals surface area contributed by atoms with Crippen molar-refractivity contribution >= 4 is 5.78 Å². The molecule has 0 radical (unpaired) electrons. The molecule has 1 saturated heterocycles. The molecule has 0 saturated carbocycles. The summed E-state index contributed by atoms with van der Waals surface area (Å²) in [4.78, 5) is 11.0. The molecule has 3 nitrogen and oxygen atoms in total. The number of carbonyl (C=O) groups excluding carboxylic acids is 1. The summed E-state index contributed by atoms with van der Waals surface area (Å²) in [6.07, 6.45) is 1.56. The van der Waals surface area contributed by atoms with Gasteiger partial charge >= 0.3 is 0 Å². The van der Waals surface area contributed by atoms with Gasteiger partial charge in [-0.15, -0.1) is 0 Å². The van der Waals surface area contributed by atoms with Crippen LogP contribution in [0.4, 0.5) is 0 Å². The molecule has 0 unspecified atom stereocenters. The zero-order chi connectivity index (χ0) is 7.61. The van der Waals surface area contributed by atoms with E-state index in [1.807, 2.05) is 0 Å². The third-order valence-electron chi connectivity index (χ3n) is 2.20. The van der Waals surface area contributed by atoms with E-state index in [9.17, 15) is 4.79 Å². The molecule has 58 valence electrons. The Morgan fingerprint density at radius 1 is 1.50 bits per heavy atom. The summed E-state index contributed by atoms with van der Waals surface area (Å²) >= 11 is 0. The molecule has 1 aliphatic heterocycles. The molecule has 0 bridgehead atoms. The first kappa shape index (κ1) is 7.69. The average Bonchev–Trinajstić information content (AvgIpc) is 1.89. The molecule has 1 rings (SSSR count). The zero-order valence-electron chi connectivity index (χ0n) is 6.31. The molecule has 0 aromatic rings. The zero-order valence-corrected chi connectivity index (χ0v) is 6.31. The molecule has 0 spiro atoms. The van der Waals surface area contributed by atoms with Gasteiger partial charge in [-0.1, -0.05) is 0 Å². The Morgan fingerprint density at radius 2 is 2.00 bits per heavy atom. The highest BCUT2D eigenvalue weighted by atomic mass is 16.1. The van der Waals surface area contributed by atoms with Crippen molar-refractivity contribution in [3.8, 4) is 0 Å². The molecule has 1 heterocycles. The number of hydrogen-bond acceptors (Lipinski definition) is 3. The maximum atomic E-state index is 11.0. The van der Waals surface area contributed by atoms with E-state index in [-0.39, 0.29) is 5.78 Å². The highest BCUT2D eigenvalue weighted by Gasteiger charge is 2.31.